The normalized spacial score (nSPS) is 11.7. The van der Waals surface area contributed by atoms with Gasteiger partial charge in [-0.3, -0.25) is 0 Å². The molecule has 0 unspecified atom stereocenters. The first-order chi connectivity index (χ1) is 18.5. The highest BCUT2D eigenvalue weighted by atomic mass is 35.5. The van der Waals surface area contributed by atoms with E-state index in [1.807, 2.05) is 0 Å². The SMILES string of the molecule is CC(C)(C)OC(=O)n1c(CO)cc2ccc(Cl)cc21.COC(=O)c1cc2ccc(Cl)cc2n1C(=O)OC(C)(C)C. The third-order valence-corrected chi connectivity index (χ3v) is 5.79. The minimum atomic E-state index is -0.681. The molecule has 4 rings (SSSR count). The van der Waals surface area contributed by atoms with Crippen LogP contribution >= 0.6 is 23.2 Å². The summed E-state index contributed by atoms with van der Waals surface area (Å²) in [6, 6.07) is 13.6. The van der Waals surface area contributed by atoms with Gasteiger partial charge in [0.2, 0.25) is 0 Å². The van der Waals surface area contributed by atoms with Crippen molar-refractivity contribution in [3.63, 3.8) is 0 Å². The number of carbonyl (C=O) groups excluding carboxylic acids is 3. The summed E-state index contributed by atoms with van der Waals surface area (Å²) in [5.74, 6) is -0.617. The molecule has 0 amide bonds. The Balaban J connectivity index is 0.000000222. The van der Waals surface area contributed by atoms with Crippen molar-refractivity contribution in [2.75, 3.05) is 7.11 Å². The van der Waals surface area contributed by atoms with E-state index in [-0.39, 0.29) is 12.3 Å². The molecule has 2 aromatic carbocycles. The number of carbonyl (C=O) groups is 3. The molecule has 9 nitrogen and oxygen atoms in total. The van der Waals surface area contributed by atoms with Crippen LogP contribution in [0.1, 0.15) is 57.7 Å². The molecule has 0 aliphatic heterocycles. The number of aliphatic hydroxyl groups excluding tert-OH is 1. The van der Waals surface area contributed by atoms with Gasteiger partial charge < -0.3 is 19.3 Å². The zero-order valence-electron chi connectivity index (χ0n) is 23.4. The van der Waals surface area contributed by atoms with Crippen molar-refractivity contribution in [3.05, 3.63) is 70.0 Å². The van der Waals surface area contributed by atoms with E-state index in [2.05, 4.69) is 0 Å². The minimum Gasteiger partial charge on any atom is -0.464 e. The summed E-state index contributed by atoms with van der Waals surface area (Å²) in [6.07, 6.45) is -1.17. The van der Waals surface area contributed by atoms with Gasteiger partial charge in [0.1, 0.15) is 16.9 Å². The molecule has 0 atom stereocenters. The highest BCUT2D eigenvalue weighted by molar-refractivity contribution is 6.31. The lowest BCUT2D eigenvalue weighted by molar-refractivity contribution is 0.0489. The second-order valence-corrected chi connectivity index (χ2v) is 11.7. The van der Waals surface area contributed by atoms with Gasteiger partial charge in [-0.2, -0.15) is 0 Å². The molecule has 0 aliphatic rings. The van der Waals surface area contributed by atoms with E-state index in [0.29, 0.717) is 32.2 Å². The summed E-state index contributed by atoms with van der Waals surface area (Å²) >= 11 is 11.9. The van der Waals surface area contributed by atoms with E-state index in [9.17, 15) is 19.5 Å². The third-order valence-electron chi connectivity index (χ3n) is 5.32. The molecule has 1 N–H and O–H groups in total. The molecular weight excluding hydrogens is 559 g/mol. The van der Waals surface area contributed by atoms with E-state index in [0.717, 1.165) is 5.39 Å². The number of aliphatic hydroxyl groups is 1. The quantitative estimate of drug-likeness (QED) is 0.191. The summed E-state index contributed by atoms with van der Waals surface area (Å²) in [5, 5.41) is 11.9. The van der Waals surface area contributed by atoms with Gasteiger partial charge in [-0.05, 0) is 77.9 Å². The highest BCUT2D eigenvalue weighted by Crippen LogP contribution is 2.26. The Hall–Kier alpha value is -3.53. The van der Waals surface area contributed by atoms with Gasteiger partial charge in [0.05, 0.1) is 30.4 Å². The predicted molar refractivity (Wildman–Crippen MR) is 154 cm³/mol. The van der Waals surface area contributed by atoms with Gasteiger partial charge in [0.15, 0.2) is 0 Å². The summed E-state index contributed by atoms with van der Waals surface area (Å²) in [6.45, 7) is 10.4. The fourth-order valence-corrected chi connectivity index (χ4v) is 4.14. The molecule has 0 fully saturated rings. The maximum Gasteiger partial charge on any atom is 0.419 e. The van der Waals surface area contributed by atoms with Crippen LogP contribution in [0.25, 0.3) is 21.8 Å². The Morgan fingerprint density at radius 1 is 0.750 bits per heavy atom. The smallest absolute Gasteiger partial charge is 0.419 e. The number of hydrogen-bond donors (Lipinski definition) is 1. The summed E-state index contributed by atoms with van der Waals surface area (Å²) in [5.41, 5.74) is 0.428. The van der Waals surface area contributed by atoms with Crippen molar-refractivity contribution in [2.45, 2.75) is 59.4 Å². The maximum absolute atomic E-state index is 12.4. The molecule has 4 aromatic rings. The van der Waals surface area contributed by atoms with E-state index in [1.54, 1.807) is 90.1 Å². The maximum atomic E-state index is 12.4. The predicted octanol–water partition coefficient (Wildman–Crippen LogP) is 7.43. The first-order valence-corrected chi connectivity index (χ1v) is 13.1. The van der Waals surface area contributed by atoms with Crippen molar-refractivity contribution >= 4 is 63.2 Å². The molecule has 2 heterocycles. The molecule has 40 heavy (non-hydrogen) atoms. The zero-order chi connectivity index (χ0) is 30.0. The molecule has 0 aliphatic carbocycles. The lowest BCUT2D eigenvalue weighted by Crippen LogP contribution is -2.29. The number of nitrogens with zero attached hydrogens (tertiary/aromatic N) is 2. The van der Waals surface area contributed by atoms with Crippen LogP contribution < -0.4 is 0 Å². The van der Waals surface area contributed by atoms with Crippen molar-refractivity contribution in [2.24, 2.45) is 0 Å². The topological polar surface area (TPSA) is 109 Å². The second-order valence-electron chi connectivity index (χ2n) is 10.9. The van der Waals surface area contributed by atoms with Crippen molar-refractivity contribution in [3.8, 4) is 0 Å². The van der Waals surface area contributed by atoms with Gasteiger partial charge in [-0.15, -0.1) is 0 Å². The average Bonchev–Trinajstić information content (AvgIpc) is 3.39. The number of hydrogen-bond acceptors (Lipinski definition) is 7. The third kappa shape index (κ3) is 7.35. The van der Waals surface area contributed by atoms with Crippen LogP contribution in [0.3, 0.4) is 0 Å². The van der Waals surface area contributed by atoms with Crippen molar-refractivity contribution in [1.29, 1.82) is 0 Å². The number of aromatic nitrogens is 2. The van der Waals surface area contributed by atoms with Crippen molar-refractivity contribution < 1.29 is 33.7 Å². The van der Waals surface area contributed by atoms with Gasteiger partial charge in [0.25, 0.3) is 0 Å². The number of methoxy groups -OCH3 is 1. The number of halogens is 2. The van der Waals surface area contributed by atoms with Crippen LogP contribution in [0, 0.1) is 0 Å². The Labute approximate surface area is 242 Å². The van der Waals surface area contributed by atoms with E-state index < -0.39 is 29.4 Å². The zero-order valence-corrected chi connectivity index (χ0v) is 24.9. The first-order valence-electron chi connectivity index (χ1n) is 12.3. The number of esters is 1. The second kappa shape index (κ2) is 11.9. The first kappa shape index (κ1) is 31.0. The largest absolute Gasteiger partial charge is 0.464 e. The molecule has 0 spiro atoms. The molecule has 11 heteroatoms. The molecule has 0 radical (unpaired) electrons. The molecule has 0 saturated heterocycles. The number of ether oxygens (including phenoxy) is 3. The highest BCUT2D eigenvalue weighted by Gasteiger charge is 2.26. The van der Waals surface area contributed by atoms with E-state index in [1.165, 1.54) is 16.2 Å². The Bertz CT molecular complexity index is 1570. The summed E-state index contributed by atoms with van der Waals surface area (Å²) < 4.78 is 17.9. The van der Waals surface area contributed by atoms with E-state index in [4.69, 9.17) is 37.4 Å². The van der Waals surface area contributed by atoms with Crippen LogP contribution in [0.5, 0.6) is 0 Å². The fourth-order valence-electron chi connectivity index (χ4n) is 3.80. The van der Waals surface area contributed by atoms with Gasteiger partial charge in [0, 0.05) is 20.8 Å². The van der Waals surface area contributed by atoms with Crippen LogP contribution in [0.2, 0.25) is 10.0 Å². The molecule has 214 valence electrons. The van der Waals surface area contributed by atoms with Crippen LogP contribution in [-0.4, -0.2) is 50.7 Å². The lowest BCUT2D eigenvalue weighted by atomic mass is 10.2. The van der Waals surface area contributed by atoms with Crippen molar-refractivity contribution in [1.82, 2.24) is 9.13 Å². The summed E-state index contributed by atoms with van der Waals surface area (Å²) in [4.78, 5) is 36.5. The van der Waals surface area contributed by atoms with Crippen LogP contribution in [-0.2, 0) is 20.8 Å². The number of benzene rings is 2. The van der Waals surface area contributed by atoms with E-state index >= 15 is 0 Å². The molecule has 0 bridgehead atoms. The van der Waals surface area contributed by atoms with Crippen LogP contribution in [0.15, 0.2) is 48.5 Å². The van der Waals surface area contributed by atoms with Gasteiger partial charge >= 0.3 is 18.2 Å². The summed E-state index contributed by atoms with van der Waals surface area (Å²) in [7, 11) is 1.26. The molecule has 2 aromatic heterocycles. The van der Waals surface area contributed by atoms with Gasteiger partial charge in [-0.25, -0.2) is 23.5 Å². The monoisotopic (exact) mass is 590 g/mol. The lowest BCUT2D eigenvalue weighted by Gasteiger charge is -2.20. The molecular formula is C29H32Cl2N2O7. The van der Waals surface area contributed by atoms with Crippen LogP contribution in [0.4, 0.5) is 9.59 Å². The standard InChI is InChI=1S/C15H16ClNO4.C14H16ClNO3/c1-15(2,3)21-14(19)17-11-8-10(16)6-5-9(11)7-12(17)13(18)20-4;1-14(2,3)19-13(18)16-11(8-17)6-9-4-5-10(15)7-12(9)16/h5-8H,1-4H3;4-7,17H,8H2,1-3H3. The van der Waals surface area contributed by atoms with Gasteiger partial charge in [-0.1, -0.05) is 35.3 Å². The fraction of sp³-hybridized carbons (Fsp3) is 0.345. The Morgan fingerprint density at radius 3 is 1.65 bits per heavy atom. The molecule has 0 saturated carbocycles. The number of rotatable bonds is 2. The average molecular weight is 591 g/mol. The Kier molecular flexibility index (Phi) is 9.24. The Morgan fingerprint density at radius 2 is 1.20 bits per heavy atom. The number of fused-ring (bicyclic) bond motifs is 2. The minimum absolute atomic E-state index is 0.101.